The Morgan fingerprint density at radius 1 is 1.57 bits per heavy atom. The third kappa shape index (κ3) is 2.90. The topological polar surface area (TPSA) is 35.2 Å². The van der Waals surface area contributed by atoms with Crippen LogP contribution >= 0.6 is 27.7 Å². The second-order valence-corrected chi connectivity index (χ2v) is 4.77. The molecular weight excluding hydrogens is 262 g/mol. The minimum atomic E-state index is 0.0254. The maximum atomic E-state index is 6.03. The van der Waals surface area contributed by atoms with E-state index < -0.39 is 0 Å². The quantitative estimate of drug-likeness (QED) is 0.918. The highest BCUT2D eigenvalue weighted by atomic mass is 79.9. The summed E-state index contributed by atoms with van der Waals surface area (Å²) in [5, 5.41) is 0. The second kappa shape index (κ2) is 5.63. The van der Waals surface area contributed by atoms with Crippen LogP contribution in [0.15, 0.2) is 22.7 Å². The third-order valence-electron chi connectivity index (χ3n) is 1.94. The molecule has 0 heterocycles. The van der Waals surface area contributed by atoms with Crippen molar-refractivity contribution in [2.24, 2.45) is 5.73 Å². The average molecular weight is 276 g/mol. The zero-order valence-corrected chi connectivity index (χ0v) is 10.7. The minimum absolute atomic E-state index is 0.0254. The first-order valence-electron chi connectivity index (χ1n) is 4.27. The Morgan fingerprint density at radius 3 is 2.86 bits per heavy atom. The van der Waals surface area contributed by atoms with Gasteiger partial charge in [0.15, 0.2) is 0 Å². The Balaban J connectivity index is 2.97. The third-order valence-corrected chi connectivity index (χ3v) is 3.12. The van der Waals surface area contributed by atoms with Crippen LogP contribution in [-0.4, -0.2) is 19.1 Å². The molecule has 1 atom stereocenters. The van der Waals surface area contributed by atoms with Crippen LogP contribution in [0.2, 0.25) is 0 Å². The van der Waals surface area contributed by atoms with Crippen molar-refractivity contribution >= 4 is 27.7 Å². The van der Waals surface area contributed by atoms with Crippen LogP contribution in [0.4, 0.5) is 0 Å². The van der Waals surface area contributed by atoms with Gasteiger partial charge in [-0.1, -0.05) is 15.9 Å². The summed E-state index contributed by atoms with van der Waals surface area (Å²) >= 11 is 5.16. The molecule has 0 aliphatic carbocycles. The van der Waals surface area contributed by atoms with Gasteiger partial charge in [-0.05, 0) is 24.5 Å². The van der Waals surface area contributed by atoms with Crippen LogP contribution in [0.1, 0.15) is 11.6 Å². The van der Waals surface area contributed by atoms with E-state index in [1.807, 2.05) is 24.5 Å². The lowest BCUT2D eigenvalue weighted by atomic mass is 10.1. The van der Waals surface area contributed by atoms with Gasteiger partial charge in [0.25, 0.3) is 0 Å². The maximum absolute atomic E-state index is 6.03. The maximum Gasteiger partial charge on any atom is 0.123 e. The Kier molecular flexibility index (Phi) is 4.78. The Morgan fingerprint density at radius 2 is 2.29 bits per heavy atom. The van der Waals surface area contributed by atoms with Crippen molar-refractivity contribution in [3.05, 3.63) is 28.2 Å². The molecule has 4 heteroatoms. The highest BCUT2D eigenvalue weighted by molar-refractivity contribution is 9.10. The summed E-state index contributed by atoms with van der Waals surface area (Å²) in [6, 6.07) is 5.92. The number of rotatable bonds is 4. The number of ether oxygens (including phenoxy) is 1. The number of nitrogens with two attached hydrogens (primary N) is 1. The molecule has 2 nitrogen and oxygen atoms in total. The molecule has 2 N–H and O–H groups in total. The lowest BCUT2D eigenvalue weighted by Gasteiger charge is -2.14. The zero-order valence-electron chi connectivity index (χ0n) is 8.29. The summed E-state index contributed by atoms with van der Waals surface area (Å²) < 4.78 is 6.29. The summed E-state index contributed by atoms with van der Waals surface area (Å²) in [5.41, 5.74) is 7.08. The molecule has 78 valence electrons. The van der Waals surface area contributed by atoms with Gasteiger partial charge in [-0.15, -0.1) is 0 Å². The largest absolute Gasteiger partial charge is 0.496 e. The van der Waals surface area contributed by atoms with Crippen LogP contribution in [-0.2, 0) is 0 Å². The van der Waals surface area contributed by atoms with Crippen molar-refractivity contribution < 1.29 is 4.74 Å². The number of hydrogen-bond donors (Lipinski definition) is 1. The SMILES string of the molecule is COc1ccc(Br)cc1C(N)CSC. The van der Waals surface area contributed by atoms with Crippen LogP contribution in [0, 0.1) is 0 Å². The molecule has 0 aromatic heterocycles. The zero-order chi connectivity index (χ0) is 10.6. The van der Waals surface area contributed by atoms with Crippen LogP contribution in [0.25, 0.3) is 0 Å². The number of thioether (sulfide) groups is 1. The second-order valence-electron chi connectivity index (χ2n) is 2.95. The molecule has 0 radical (unpaired) electrons. The van der Waals surface area contributed by atoms with Gasteiger partial charge >= 0.3 is 0 Å². The predicted octanol–water partition coefficient (Wildman–Crippen LogP) is 2.82. The van der Waals surface area contributed by atoms with E-state index in [4.69, 9.17) is 10.5 Å². The van der Waals surface area contributed by atoms with Crippen LogP contribution in [0.3, 0.4) is 0 Å². The molecule has 1 unspecified atom stereocenters. The molecule has 0 spiro atoms. The van der Waals surface area contributed by atoms with Gasteiger partial charge in [0.2, 0.25) is 0 Å². The molecule has 1 rings (SSSR count). The van der Waals surface area contributed by atoms with E-state index in [0.717, 1.165) is 21.5 Å². The smallest absolute Gasteiger partial charge is 0.123 e. The molecule has 0 saturated carbocycles. The van der Waals surface area contributed by atoms with Crippen molar-refractivity contribution in [1.82, 2.24) is 0 Å². The van der Waals surface area contributed by atoms with E-state index in [2.05, 4.69) is 15.9 Å². The van der Waals surface area contributed by atoms with Gasteiger partial charge in [0, 0.05) is 21.8 Å². The molecular formula is C10H14BrNOS. The standard InChI is InChI=1S/C10H14BrNOS/c1-13-10-4-3-7(11)5-8(10)9(12)6-14-2/h3-5,9H,6,12H2,1-2H3. The highest BCUT2D eigenvalue weighted by Gasteiger charge is 2.11. The molecule has 14 heavy (non-hydrogen) atoms. The van der Waals surface area contributed by atoms with Crippen LogP contribution < -0.4 is 10.5 Å². The van der Waals surface area contributed by atoms with Gasteiger partial charge in [-0.3, -0.25) is 0 Å². The predicted molar refractivity (Wildman–Crippen MR) is 66.0 cm³/mol. The van der Waals surface area contributed by atoms with Gasteiger partial charge < -0.3 is 10.5 Å². The number of benzene rings is 1. The first kappa shape index (κ1) is 11.9. The fourth-order valence-corrected chi connectivity index (χ4v) is 2.18. The Bertz CT molecular complexity index is 306. The van der Waals surface area contributed by atoms with E-state index in [9.17, 15) is 0 Å². The summed E-state index contributed by atoms with van der Waals surface area (Å²) in [5.74, 6) is 1.75. The first-order chi connectivity index (χ1) is 6.69. The van der Waals surface area contributed by atoms with Crippen molar-refractivity contribution in [2.45, 2.75) is 6.04 Å². The van der Waals surface area contributed by atoms with Crippen molar-refractivity contribution in [2.75, 3.05) is 19.1 Å². The van der Waals surface area contributed by atoms with Gasteiger partial charge in [-0.25, -0.2) is 0 Å². The van der Waals surface area contributed by atoms with E-state index in [0.29, 0.717) is 0 Å². The van der Waals surface area contributed by atoms with Crippen molar-refractivity contribution in [3.63, 3.8) is 0 Å². The minimum Gasteiger partial charge on any atom is -0.496 e. The van der Waals surface area contributed by atoms with E-state index in [1.165, 1.54) is 0 Å². The van der Waals surface area contributed by atoms with Gasteiger partial charge in [0.05, 0.1) is 7.11 Å². The molecule has 0 amide bonds. The van der Waals surface area contributed by atoms with E-state index in [1.54, 1.807) is 18.9 Å². The number of hydrogen-bond acceptors (Lipinski definition) is 3. The molecule has 0 saturated heterocycles. The summed E-state index contributed by atoms with van der Waals surface area (Å²) in [7, 11) is 1.67. The lowest BCUT2D eigenvalue weighted by molar-refractivity contribution is 0.407. The summed E-state index contributed by atoms with van der Waals surface area (Å²) in [6.45, 7) is 0. The first-order valence-corrected chi connectivity index (χ1v) is 6.45. The molecule has 1 aromatic carbocycles. The Hall–Kier alpha value is -0.190. The van der Waals surface area contributed by atoms with Gasteiger partial charge in [-0.2, -0.15) is 11.8 Å². The van der Waals surface area contributed by atoms with E-state index >= 15 is 0 Å². The normalized spacial score (nSPS) is 12.6. The monoisotopic (exact) mass is 275 g/mol. The summed E-state index contributed by atoms with van der Waals surface area (Å²) in [6.07, 6.45) is 2.05. The van der Waals surface area contributed by atoms with Crippen molar-refractivity contribution in [3.8, 4) is 5.75 Å². The highest BCUT2D eigenvalue weighted by Crippen LogP contribution is 2.28. The van der Waals surface area contributed by atoms with E-state index in [-0.39, 0.29) is 6.04 Å². The van der Waals surface area contributed by atoms with Crippen molar-refractivity contribution in [1.29, 1.82) is 0 Å². The Labute approximate surface area is 97.3 Å². The fourth-order valence-electron chi connectivity index (χ4n) is 1.26. The summed E-state index contributed by atoms with van der Waals surface area (Å²) in [4.78, 5) is 0. The van der Waals surface area contributed by atoms with Crippen LogP contribution in [0.5, 0.6) is 5.75 Å². The molecule has 0 fully saturated rings. The molecule has 0 aliphatic heterocycles. The lowest BCUT2D eigenvalue weighted by Crippen LogP contribution is -2.14. The van der Waals surface area contributed by atoms with Gasteiger partial charge in [0.1, 0.15) is 5.75 Å². The molecule has 0 bridgehead atoms. The number of methoxy groups -OCH3 is 1. The average Bonchev–Trinajstić information content (AvgIpc) is 2.18. The number of halogens is 1. The molecule has 0 aliphatic rings. The fraction of sp³-hybridized carbons (Fsp3) is 0.400. The molecule has 1 aromatic rings.